The van der Waals surface area contributed by atoms with E-state index in [0.717, 1.165) is 11.8 Å². The molecule has 0 bridgehead atoms. The summed E-state index contributed by atoms with van der Waals surface area (Å²) in [5, 5.41) is 41.2. The Kier molecular flexibility index (Phi) is 20.5. The van der Waals surface area contributed by atoms with E-state index in [1.165, 1.54) is 6.92 Å². The quantitative estimate of drug-likeness (QED) is 0.0245. The fraction of sp³-hybridized carbons (Fsp3) is 0.677. The minimum absolute atomic E-state index is 0.00758. The summed E-state index contributed by atoms with van der Waals surface area (Å²) in [6.45, 7) is 1.71. The van der Waals surface area contributed by atoms with Gasteiger partial charge in [0.1, 0.15) is 36.3 Å². The van der Waals surface area contributed by atoms with Crippen molar-refractivity contribution in [1.29, 1.82) is 0 Å². The van der Waals surface area contributed by atoms with Crippen molar-refractivity contribution in [1.82, 2.24) is 31.5 Å². The van der Waals surface area contributed by atoms with Crippen LogP contribution in [0.1, 0.15) is 58.8 Å². The van der Waals surface area contributed by atoms with Gasteiger partial charge in [-0.25, -0.2) is 4.79 Å². The molecule has 1 saturated heterocycles. The van der Waals surface area contributed by atoms with Crippen molar-refractivity contribution in [3.63, 3.8) is 0 Å². The lowest BCUT2D eigenvalue weighted by Crippen LogP contribution is -2.61. The third-order valence-corrected chi connectivity index (χ3v) is 8.35. The van der Waals surface area contributed by atoms with Crippen LogP contribution in [-0.4, -0.2) is 154 Å². The van der Waals surface area contributed by atoms with Gasteiger partial charge in [0.2, 0.25) is 41.4 Å². The summed E-state index contributed by atoms with van der Waals surface area (Å²) >= 11 is 0. The van der Waals surface area contributed by atoms with Crippen LogP contribution in [0.15, 0.2) is 9.98 Å². The molecule has 0 aromatic heterocycles. The van der Waals surface area contributed by atoms with Gasteiger partial charge in [-0.15, -0.1) is 0 Å². The van der Waals surface area contributed by atoms with Crippen LogP contribution in [-0.2, 0) is 38.4 Å². The number of primary amides is 1. The molecule has 0 spiro atoms. The maximum Gasteiger partial charge on any atom is 0.326 e. The number of guanidine groups is 2. The number of hydrogen-bond donors (Lipinski definition) is 14. The van der Waals surface area contributed by atoms with E-state index in [1.807, 2.05) is 0 Å². The molecule has 0 radical (unpaired) electrons. The van der Waals surface area contributed by atoms with Crippen LogP contribution < -0.4 is 61.0 Å². The average molecular weight is 801 g/mol. The summed E-state index contributed by atoms with van der Waals surface area (Å²) in [5.74, 6) is -8.39. The summed E-state index contributed by atoms with van der Waals surface area (Å²) in [4.78, 5) is 111. The van der Waals surface area contributed by atoms with E-state index in [1.54, 1.807) is 0 Å². The first-order valence-corrected chi connectivity index (χ1v) is 17.7. The number of amides is 7. The van der Waals surface area contributed by atoms with Gasteiger partial charge in [-0.3, -0.25) is 43.5 Å². The van der Waals surface area contributed by atoms with Crippen LogP contribution in [0.4, 0.5) is 0 Å². The molecule has 0 saturated carbocycles. The monoisotopic (exact) mass is 800 g/mol. The Morgan fingerprint density at radius 2 is 1.27 bits per heavy atom. The molecule has 8 atom stereocenters. The standard InChI is InChI=1S/C31H56N14O11/c1-14(23(49)42-18(12-21(33)48)28(54)45-11-5-8-20(45)29(55)56)40-25(51)17(7-4-10-39-31(36)37)41-27(53)22(15(2)47)44-26(52)19(13-46)43-24(50)16(32)6-3-9-38-30(34)35/h14-20,22,46-47H,3-13,32H2,1-2H3,(H2,33,48)(H,40,51)(H,41,53)(H,42,49)(H,43,50)(H,44,52)(H,55,56)(H4,34,35,38)(H4,36,37,39)/t14-,15+,16-,17-,18-,19-,20-,22-/m0/s1. The first kappa shape index (κ1) is 48.2. The van der Waals surface area contributed by atoms with Crippen LogP contribution in [0.3, 0.4) is 0 Å². The third-order valence-electron chi connectivity index (χ3n) is 8.35. The highest BCUT2D eigenvalue weighted by Crippen LogP contribution is 2.19. The average Bonchev–Trinajstić information content (AvgIpc) is 3.61. The number of likely N-dealkylation sites (tertiary alicyclic amines) is 1. The van der Waals surface area contributed by atoms with E-state index < -0.39 is 109 Å². The number of aliphatic carboxylic acids is 1. The maximum absolute atomic E-state index is 13.5. The Balaban J connectivity index is 3.10. The number of aliphatic hydroxyl groups is 2. The van der Waals surface area contributed by atoms with E-state index in [4.69, 9.17) is 34.4 Å². The molecule has 20 N–H and O–H groups in total. The summed E-state index contributed by atoms with van der Waals surface area (Å²) in [5.41, 5.74) is 32.4. The fourth-order valence-corrected chi connectivity index (χ4v) is 5.38. The summed E-state index contributed by atoms with van der Waals surface area (Å²) in [7, 11) is 0. The number of carboxylic acid groups (broad SMARTS) is 1. The van der Waals surface area contributed by atoms with Gasteiger partial charge in [-0.05, 0) is 52.4 Å². The molecule has 316 valence electrons. The van der Waals surface area contributed by atoms with Crippen LogP contribution in [0, 0.1) is 0 Å². The molecule has 1 fully saturated rings. The van der Waals surface area contributed by atoms with Crippen LogP contribution in [0.25, 0.3) is 0 Å². The molecule has 25 heteroatoms. The number of carbonyl (C=O) groups excluding carboxylic acids is 7. The molecule has 7 amide bonds. The molecule has 1 aliphatic heterocycles. The van der Waals surface area contributed by atoms with E-state index in [-0.39, 0.29) is 57.2 Å². The van der Waals surface area contributed by atoms with Gasteiger partial charge in [-0.2, -0.15) is 0 Å². The van der Waals surface area contributed by atoms with Gasteiger partial charge in [0, 0.05) is 19.6 Å². The molecule has 0 aromatic carbocycles. The number of nitrogens with one attached hydrogen (secondary N) is 5. The number of nitrogens with two attached hydrogens (primary N) is 6. The molecule has 0 aromatic rings. The first-order valence-electron chi connectivity index (χ1n) is 17.7. The molecule has 25 nitrogen and oxygen atoms in total. The molecule has 56 heavy (non-hydrogen) atoms. The van der Waals surface area contributed by atoms with Crippen molar-refractivity contribution >= 4 is 59.2 Å². The minimum Gasteiger partial charge on any atom is -0.480 e. The highest BCUT2D eigenvalue weighted by molar-refractivity contribution is 5.98. The van der Waals surface area contributed by atoms with Crippen LogP contribution >= 0.6 is 0 Å². The summed E-state index contributed by atoms with van der Waals surface area (Å²) in [6, 6.07) is -10.0. The second-order valence-electron chi connectivity index (χ2n) is 13.0. The van der Waals surface area contributed by atoms with Crippen molar-refractivity contribution in [3.8, 4) is 0 Å². The van der Waals surface area contributed by atoms with E-state index in [9.17, 15) is 53.7 Å². The number of nitrogens with zero attached hydrogens (tertiary/aromatic N) is 3. The van der Waals surface area contributed by atoms with Gasteiger partial charge >= 0.3 is 5.97 Å². The Labute approximate surface area is 322 Å². The topological polar surface area (TPSA) is 441 Å². The lowest BCUT2D eigenvalue weighted by molar-refractivity contribution is -0.149. The van der Waals surface area contributed by atoms with Gasteiger partial charge in [0.25, 0.3) is 0 Å². The lowest BCUT2D eigenvalue weighted by atomic mass is 10.1. The number of aliphatic hydroxyl groups excluding tert-OH is 2. The Bertz CT molecular complexity index is 1470. The highest BCUT2D eigenvalue weighted by Gasteiger charge is 2.39. The zero-order valence-corrected chi connectivity index (χ0v) is 31.3. The van der Waals surface area contributed by atoms with Crippen molar-refractivity contribution in [2.24, 2.45) is 44.4 Å². The van der Waals surface area contributed by atoms with Gasteiger partial charge in [0.15, 0.2) is 11.9 Å². The van der Waals surface area contributed by atoms with Crippen molar-refractivity contribution in [2.45, 2.75) is 107 Å². The lowest BCUT2D eigenvalue weighted by Gasteiger charge is -2.28. The molecular weight excluding hydrogens is 744 g/mol. The molecule has 1 heterocycles. The van der Waals surface area contributed by atoms with Crippen LogP contribution in [0.2, 0.25) is 0 Å². The summed E-state index contributed by atoms with van der Waals surface area (Å²) in [6.07, 6.45) is -1.32. The SMILES string of the molecule is C[C@H](NC(=O)[C@H](CCCN=C(N)N)NC(=O)[C@@H](NC(=O)[C@H](CO)NC(=O)[C@@H](N)CCCN=C(N)N)[C@@H](C)O)C(=O)N[C@@H](CC(N)=O)C(=O)N1CCC[C@H]1C(=O)O. The number of carboxylic acids is 1. The number of aliphatic imine (C=N–C) groups is 2. The highest BCUT2D eigenvalue weighted by atomic mass is 16.4. The molecule has 1 rings (SSSR count). The van der Waals surface area contributed by atoms with Crippen molar-refractivity contribution in [2.75, 3.05) is 26.2 Å². The third kappa shape index (κ3) is 16.7. The smallest absolute Gasteiger partial charge is 0.326 e. The normalized spacial score (nSPS) is 17.3. The van der Waals surface area contributed by atoms with Gasteiger partial charge < -0.3 is 81.2 Å². The largest absolute Gasteiger partial charge is 0.480 e. The number of carbonyl (C=O) groups is 8. The minimum atomic E-state index is -1.74. The van der Waals surface area contributed by atoms with Crippen LogP contribution in [0.5, 0.6) is 0 Å². The predicted octanol–water partition coefficient (Wildman–Crippen LogP) is -7.81. The molecule has 0 aliphatic carbocycles. The maximum atomic E-state index is 13.5. The predicted molar refractivity (Wildman–Crippen MR) is 198 cm³/mol. The van der Waals surface area contributed by atoms with Crippen molar-refractivity contribution < 1.29 is 53.7 Å². The Morgan fingerprint density at radius 3 is 1.79 bits per heavy atom. The van der Waals surface area contributed by atoms with Gasteiger partial charge in [0.05, 0.1) is 25.2 Å². The van der Waals surface area contributed by atoms with E-state index in [0.29, 0.717) is 12.8 Å². The number of rotatable bonds is 24. The van der Waals surface area contributed by atoms with Crippen molar-refractivity contribution in [3.05, 3.63) is 0 Å². The second-order valence-corrected chi connectivity index (χ2v) is 13.0. The Morgan fingerprint density at radius 1 is 0.732 bits per heavy atom. The first-order chi connectivity index (χ1) is 26.2. The number of hydrogen-bond acceptors (Lipinski definition) is 13. The summed E-state index contributed by atoms with van der Waals surface area (Å²) < 4.78 is 0. The van der Waals surface area contributed by atoms with E-state index >= 15 is 0 Å². The molecule has 1 aliphatic rings. The fourth-order valence-electron chi connectivity index (χ4n) is 5.38. The van der Waals surface area contributed by atoms with Gasteiger partial charge in [-0.1, -0.05) is 0 Å². The Hall–Kier alpha value is -5.82. The zero-order chi connectivity index (χ0) is 42.7. The van der Waals surface area contributed by atoms with E-state index in [2.05, 4.69) is 36.6 Å². The second kappa shape index (κ2) is 23.9. The molecule has 0 unspecified atom stereocenters. The molecular formula is C31H56N14O11. The zero-order valence-electron chi connectivity index (χ0n) is 31.3.